The third-order valence-electron chi connectivity index (χ3n) is 11.9. The molecule has 0 bridgehead atoms. The monoisotopic (exact) mass is 963 g/mol. The molecule has 374 valence electrons. The molecule has 3 aliphatic rings. The van der Waals surface area contributed by atoms with Gasteiger partial charge in [0.25, 0.3) is 0 Å². The summed E-state index contributed by atoms with van der Waals surface area (Å²) in [6, 6.07) is 12.3. The molecule has 70 heavy (non-hydrogen) atoms. The molecule has 0 heterocycles. The first-order chi connectivity index (χ1) is 33.3. The molecule has 3 N–H and O–H groups in total. The minimum absolute atomic E-state index is 0.183. The number of carbonyl (C=O) groups excluding carboxylic acids is 3. The van der Waals surface area contributed by atoms with Gasteiger partial charge in [-0.15, -0.1) is 0 Å². The summed E-state index contributed by atoms with van der Waals surface area (Å²) >= 11 is 0. The fourth-order valence-electron chi connectivity index (χ4n) is 8.69. The molecule has 19 nitrogen and oxygen atoms in total. The maximum Gasteiger partial charge on any atom is 0.348 e. The Hall–Kier alpha value is -6.97. The fourth-order valence-corrected chi connectivity index (χ4v) is 8.69. The molecule has 0 saturated heterocycles. The smallest absolute Gasteiger partial charge is 0.348 e. The lowest BCUT2D eigenvalue weighted by atomic mass is 9.73. The Bertz CT molecular complexity index is 2170. The Morgan fingerprint density at radius 2 is 0.714 bits per heavy atom. The van der Waals surface area contributed by atoms with Crippen LogP contribution in [0.3, 0.4) is 0 Å². The largest absolute Gasteiger partial charge is 0.465 e. The van der Waals surface area contributed by atoms with Crippen LogP contribution in [0.1, 0.15) is 80.1 Å². The van der Waals surface area contributed by atoms with E-state index in [2.05, 4.69) is 39.1 Å². The van der Waals surface area contributed by atoms with Gasteiger partial charge in [-0.05, 0) is 71.5 Å². The molecule has 3 aliphatic carbocycles. The third-order valence-corrected chi connectivity index (χ3v) is 11.9. The summed E-state index contributed by atoms with van der Waals surface area (Å²) < 4.78 is 32.5. The zero-order chi connectivity index (χ0) is 52.1. The summed E-state index contributed by atoms with van der Waals surface area (Å²) in [6.07, 6.45) is 2.70. The molecule has 0 spiro atoms. The summed E-state index contributed by atoms with van der Waals surface area (Å²) in [4.78, 5) is 39.3. The van der Waals surface area contributed by atoms with Crippen molar-refractivity contribution in [3.8, 4) is 36.4 Å². The maximum absolute atomic E-state index is 12.4. The molecular weight excluding hydrogens is 897 g/mol. The molecule has 0 radical (unpaired) electrons. The summed E-state index contributed by atoms with van der Waals surface area (Å²) in [7, 11) is 3.59. The average Bonchev–Trinajstić information content (AvgIpc) is 3.31. The van der Waals surface area contributed by atoms with Gasteiger partial charge in [-0.1, -0.05) is 41.5 Å². The van der Waals surface area contributed by atoms with Crippen LogP contribution >= 0.6 is 0 Å². The number of allylic oxidation sites excluding steroid dienone is 9. The second-order valence-electron chi connectivity index (χ2n) is 19.3. The van der Waals surface area contributed by atoms with E-state index in [0.717, 1.165) is 0 Å². The molecule has 0 saturated carbocycles. The molecule has 19 heteroatoms. The van der Waals surface area contributed by atoms with E-state index >= 15 is 0 Å². The second kappa shape index (κ2) is 27.3. The normalized spacial score (nSPS) is 19.2. The van der Waals surface area contributed by atoms with Crippen LogP contribution in [0.4, 0.5) is 0 Å². The van der Waals surface area contributed by atoms with Gasteiger partial charge < -0.3 is 44.4 Å². The SMILES string of the molecule is COC(=O)/C(C#N)=C1\CC(C)(C)CC(NCCOCCN(CCOCCNC2=C(C#N)/C(=C(\C#N)C(=O)OC)CC(C)(C)C2)CCOCCNC2=C(C#N)/C(=C(\C#N)C(=O)OC)CC(C)(C)C2)=C1C#N. The van der Waals surface area contributed by atoms with Gasteiger partial charge in [-0.3, -0.25) is 4.90 Å². The molecule has 0 aromatic heterocycles. The summed E-state index contributed by atoms with van der Waals surface area (Å²) in [5.74, 6) is -2.36. The summed E-state index contributed by atoms with van der Waals surface area (Å²) in [6.45, 7) is 16.6. The van der Waals surface area contributed by atoms with Crippen molar-refractivity contribution >= 4 is 17.9 Å². The first-order valence-corrected chi connectivity index (χ1v) is 23.0. The zero-order valence-corrected chi connectivity index (χ0v) is 42.0. The van der Waals surface area contributed by atoms with Gasteiger partial charge in [-0.25, -0.2) is 14.4 Å². The van der Waals surface area contributed by atoms with Crippen LogP contribution in [0.2, 0.25) is 0 Å². The average molecular weight is 963 g/mol. The van der Waals surface area contributed by atoms with E-state index in [1.807, 2.05) is 59.8 Å². The quantitative estimate of drug-likeness (QED) is 0.0382. The first-order valence-electron chi connectivity index (χ1n) is 23.0. The van der Waals surface area contributed by atoms with Crippen LogP contribution in [0.5, 0.6) is 0 Å². The minimum atomic E-state index is -0.786. The van der Waals surface area contributed by atoms with Crippen LogP contribution in [-0.4, -0.2) is 123 Å². The Morgan fingerprint density at radius 1 is 0.457 bits per heavy atom. The Kier molecular flexibility index (Phi) is 22.3. The van der Waals surface area contributed by atoms with Crippen LogP contribution in [0.15, 0.2) is 67.2 Å². The number of rotatable bonds is 24. The van der Waals surface area contributed by atoms with Gasteiger partial charge in [-0.2, -0.15) is 31.6 Å². The number of hydrogen-bond acceptors (Lipinski definition) is 19. The van der Waals surface area contributed by atoms with E-state index in [0.29, 0.717) is 151 Å². The van der Waals surface area contributed by atoms with Gasteiger partial charge in [0.1, 0.15) is 53.1 Å². The lowest BCUT2D eigenvalue weighted by Gasteiger charge is -2.34. The second-order valence-corrected chi connectivity index (χ2v) is 19.3. The molecule has 0 atom stereocenters. The van der Waals surface area contributed by atoms with Crippen molar-refractivity contribution in [2.75, 3.05) is 100 Å². The summed E-state index contributed by atoms with van der Waals surface area (Å²) in [5.41, 5.74) is 2.20. The van der Waals surface area contributed by atoms with Crippen LogP contribution in [0, 0.1) is 84.2 Å². The van der Waals surface area contributed by atoms with Gasteiger partial charge in [0, 0.05) is 56.4 Å². The van der Waals surface area contributed by atoms with E-state index in [9.17, 15) is 46.0 Å². The number of esters is 3. The predicted molar refractivity (Wildman–Crippen MR) is 254 cm³/mol. The number of carbonyl (C=O) groups is 3. The van der Waals surface area contributed by atoms with Crippen molar-refractivity contribution in [2.45, 2.75) is 80.1 Å². The van der Waals surface area contributed by atoms with Gasteiger partial charge >= 0.3 is 17.9 Å². The number of nitrogens with one attached hydrogen (secondary N) is 3. The lowest BCUT2D eigenvalue weighted by molar-refractivity contribution is -0.136. The highest BCUT2D eigenvalue weighted by molar-refractivity contribution is 5.96. The van der Waals surface area contributed by atoms with Crippen molar-refractivity contribution in [1.82, 2.24) is 20.9 Å². The number of ether oxygens (including phenoxy) is 6. The molecule has 0 aromatic rings. The highest BCUT2D eigenvalue weighted by Gasteiger charge is 2.37. The molecule has 3 rings (SSSR count). The summed E-state index contributed by atoms with van der Waals surface area (Å²) in [5, 5.41) is 69.4. The van der Waals surface area contributed by atoms with Crippen molar-refractivity contribution < 1.29 is 42.8 Å². The molecule has 0 aliphatic heterocycles. The fraction of sp³-hybridized carbons (Fsp3) is 0.588. The van der Waals surface area contributed by atoms with Crippen molar-refractivity contribution in [3.63, 3.8) is 0 Å². The standard InChI is InChI=1S/C51H66N10O9/c1-49(2)22-34(40(31-55)46(62)65-7)37(28-52)43(25-49)58-10-16-68-19-13-61(14-20-69-17-11-59-44-26-50(3,4)23-35(38(44)29-53)41(32-56)47(63)66-8)15-21-70-18-12-60-45-27-51(5,6)24-36(39(45)30-54)42(33-57)48(64)67-9/h58-60H,10-27H2,1-9H3/b40-34+,41-35+,42-36+. The van der Waals surface area contributed by atoms with E-state index in [4.69, 9.17) is 28.4 Å². The Labute approximate surface area is 412 Å². The lowest BCUT2D eigenvalue weighted by Crippen LogP contribution is -2.36. The molecular formula is C51H66N10O9. The Balaban J connectivity index is 1.66. The highest BCUT2D eigenvalue weighted by atomic mass is 16.5. The number of nitrogens with zero attached hydrogens (tertiary/aromatic N) is 7. The highest BCUT2D eigenvalue weighted by Crippen LogP contribution is 2.44. The van der Waals surface area contributed by atoms with Crippen molar-refractivity contribution in [2.24, 2.45) is 16.2 Å². The van der Waals surface area contributed by atoms with Crippen molar-refractivity contribution in [3.05, 3.63) is 67.2 Å². The molecule has 0 amide bonds. The minimum Gasteiger partial charge on any atom is -0.465 e. The number of hydrogen-bond donors (Lipinski definition) is 3. The van der Waals surface area contributed by atoms with Crippen LogP contribution < -0.4 is 16.0 Å². The topological polar surface area (TPSA) is 289 Å². The maximum atomic E-state index is 12.4. The molecule has 0 fully saturated rings. The van der Waals surface area contributed by atoms with Gasteiger partial charge in [0.05, 0.1) is 77.7 Å². The van der Waals surface area contributed by atoms with E-state index in [1.165, 1.54) is 21.3 Å². The van der Waals surface area contributed by atoms with E-state index in [1.54, 1.807) is 0 Å². The van der Waals surface area contributed by atoms with Gasteiger partial charge in [0.15, 0.2) is 0 Å². The van der Waals surface area contributed by atoms with Crippen LogP contribution in [-0.2, 0) is 42.8 Å². The van der Waals surface area contributed by atoms with E-state index < -0.39 is 17.9 Å². The third kappa shape index (κ3) is 16.3. The molecule has 0 unspecified atom stereocenters. The van der Waals surface area contributed by atoms with Crippen molar-refractivity contribution in [1.29, 1.82) is 31.6 Å². The molecule has 0 aromatic carbocycles. The Morgan fingerprint density at radius 3 is 0.929 bits per heavy atom. The number of nitriles is 6. The van der Waals surface area contributed by atoms with Gasteiger partial charge in [0.2, 0.25) is 0 Å². The van der Waals surface area contributed by atoms with E-state index in [-0.39, 0.29) is 49.7 Å². The zero-order valence-electron chi connectivity index (χ0n) is 42.0. The first kappa shape index (κ1) is 57.3. The predicted octanol–water partition coefficient (Wildman–Crippen LogP) is 4.88. The van der Waals surface area contributed by atoms with Crippen LogP contribution in [0.25, 0.3) is 0 Å². The number of methoxy groups -OCH3 is 3.